The SMILES string of the molecule is O=C(NC1CCCC1)[C@@H]1[C@H](C(=O)O)[C@@H]2C=C[C@H]1C2. The summed E-state index contributed by atoms with van der Waals surface area (Å²) in [5.74, 6) is -1.52. The Morgan fingerprint density at radius 2 is 1.67 bits per heavy atom. The van der Waals surface area contributed by atoms with Crippen LogP contribution in [0.25, 0.3) is 0 Å². The van der Waals surface area contributed by atoms with E-state index in [0.29, 0.717) is 0 Å². The van der Waals surface area contributed by atoms with Crippen molar-refractivity contribution in [3.05, 3.63) is 12.2 Å². The maximum atomic E-state index is 12.3. The fourth-order valence-corrected chi connectivity index (χ4v) is 3.88. The van der Waals surface area contributed by atoms with Gasteiger partial charge in [0, 0.05) is 6.04 Å². The molecule has 2 N–H and O–H groups in total. The van der Waals surface area contributed by atoms with Crippen LogP contribution in [0.4, 0.5) is 0 Å². The van der Waals surface area contributed by atoms with Gasteiger partial charge in [-0.15, -0.1) is 0 Å². The van der Waals surface area contributed by atoms with Gasteiger partial charge in [0.2, 0.25) is 5.91 Å². The molecule has 98 valence electrons. The average molecular weight is 249 g/mol. The fraction of sp³-hybridized carbons (Fsp3) is 0.714. The zero-order chi connectivity index (χ0) is 12.7. The van der Waals surface area contributed by atoms with E-state index in [-0.39, 0.29) is 29.7 Å². The van der Waals surface area contributed by atoms with Crippen LogP contribution in [0.2, 0.25) is 0 Å². The summed E-state index contributed by atoms with van der Waals surface area (Å²) in [6.45, 7) is 0. The van der Waals surface area contributed by atoms with Gasteiger partial charge < -0.3 is 10.4 Å². The van der Waals surface area contributed by atoms with E-state index in [1.165, 1.54) is 12.8 Å². The Bertz CT molecular complexity index is 398. The number of carbonyl (C=O) groups excluding carboxylic acids is 1. The van der Waals surface area contributed by atoms with Crippen LogP contribution in [0, 0.1) is 23.7 Å². The van der Waals surface area contributed by atoms with E-state index in [0.717, 1.165) is 19.3 Å². The molecule has 2 fully saturated rings. The lowest BCUT2D eigenvalue weighted by Crippen LogP contribution is -2.43. The molecule has 0 aliphatic heterocycles. The van der Waals surface area contributed by atoms with Gasteiger partial charge in [-0.3, -0.25) is 9.59 Å². The summed E-state index contributed by atoms with van der Waals surface area (Å²) in [6, 6.07) is 0.273. The van der Waals surface area contributed by atoms with Crippen LogP contribution in [0.3, 0.4) is 0 Å². The summed E-state index contributed by atoms with van der Waals surface area (Å²) in [6.07, 6.45) is 9.26. The maximum absolute atomic E-state index is 12.3. The lowest BCUT2D eigenvalue weighted by atomic mass is 9.82. The lowest BCUT2D eigenvalue weighted by Gasteiger charge is -2.25. The molecule has 4 atom stereocenters. The third-order valence-electron chi connectivity index (χ3n) is 4.75. The highest BCUT2D eigenvalue weighted by molar-refractivity contribution is 5.87. The van der Waals surface area contributed by atoms with Crippen LogP contribution in [0.1, 0.15) is 32.1 Å². The average Bonchev–Trinajstić information content (AvgIpc) is 3.03. The van der Waals surface area contributed by atoms with Gasteiger partial charge in [0.1, 0.15) is 0 Å². The summed E-state index contributed by atoms with van der Waals surface area (Å²) >= 11 is 0. The number of allylic oxidation sites excluding steroid dienone is 2. The zero-order valence-electron chi connectivity index (χ0n) is 10.3. The molecule has 3 aliphatic rings. The number of amides is 1. The van der Waals surface area contributed by atoms with E-state index in [1.807, 2.05) is 12.2 Å². The minimum absolute atomic E-state index is 0.0360. The first kappa shape index (κ1) is 11.8. The molecule has 0 aromatic heterocycles. The Morgan fingerprint density at radius 3 is 2.28 bits per heavy atom. The monoisotopic (exact) mass is 249 g/mol. The minimum Gasteiger partial charge on any atom is -0.481 e. The van der Waals surface area contributed by atoms with E-state index in [4.69, 9.17) is 0 Å². The van der Waals surface area contributed by atoms with Crippen molar-refractivity contribution in [2.75, 3.05) is 0 Å². The number of carboxylic acid groups (broad SMARTS) is 1. The van der Waals surface area contributed by atoms with E-state index < -0.39 is 11.9 Å². The fourth-order valence-electron chi connectivity index (χ4n) is 3.88. The summed E-state index contributed by atoms with van der Waals surface area (Å²) in [4.78, 5) is 23.6. The number of hydrogen-bond acceptors (Lipinski definition) is 2. The molecule has 18 heavy (non-hydrogen) atoms. The smallest absolute Gasteiger partial charge is 0.307 e. The largest absolute Gasteiger partial charge is 0.481 e. The van der Waals surface area contributed by atoms with Gasteiger partial charge in [-0.05, 0) is 31.1 Å². The predicted octanol–water partition coefficient (Wildman–Crippen LogP) is 1.57. The van der Waals surface area contributed by atoms with E-state index in [1.54, 1.807) is 0 Å². The van der Waals surface area contributed by atoms with Crippen molar-refractivity contribution >= 4 is 11.9 Å². The zero-order valence-corrected chi connectivity index (χ0v) is 10.3. The highest BCUT2D eigenvalue weighted by Crippen LogP contribution is 2.48. The van der Waals surface area contributed by atoms with Crippen molar-refractivity contribution in [1.29, 1.82) is 0 Å². The molecule has 2 saturated carbocycles. The first-order valence-electron chi connectivity index (χ1n) is 6.88. The number of carboxylic acids is 1. The second-order valence-corrected chi connectivity index (χ2v) is 5.83. The van der Waals surface area contributed by atoms with E-state index >= 15 is 0 Å². The van der Waals surface area contributed by atoms with Crippen molar-refractivity contribution in [2.45, 2.75) is 38.1 Å². The molecule has 0 aromatic rings. The van der Waals surface area contributed by atoms with E-state index in [2.05, 4.69) is 5.32 Å². The minimum atomic E-state index is -0.821. The summed E-state index contributed by atoms with van der Waals surface area (Å²) in [7, 11) is 0. The van der Waals surface area contributed by atoms with Crippen LogP contribution in [0.5, 0.6) is 0 Å². The molecule has 0 aromatic carbocycles. The first-order chi connectivity index (χ1) is 8.66. The van der Waals surface area contributed by atoms with Gasteiger partial charge in [0.05, 0.1) is 11.8 Å². The van der Waals surface area contributed by atoms with Gasteiger partial charge in [0.15, 0.2) is 0 Å². The molecular formula is C14H19NO3. The first-order valence-corrected chi connectivity index (χ1v) is 6.88. The Balaban J connectivity index is 1.71. The molecular weight excluding hydrogens is 230 g/mol. The number of rotatable bonds is 3. The van der Waals surface area contributed by atoms with Crippen molar-refractivity contribution in [3.63, 3.8) is 0 Å². The van der Waals surface area contributed by atoms with Crippen molar-refractivity contribution in [2.24, 2.45) is 23.7 Å². The molecule has 1 amide bonds. The normalized spacial score (nSPS) is 38.2. The van der Waals surface area contributed by atoms with Crippen LogP contribution >= 0.6 is 0 Å². The summed E-state index contributed by atoms with van der Waals surface area (Å²) in [5.41, 5.74) is 0. The van der Waals surface area contributed by atoms with Crippen molar-refractivity contribution in [3.8, 4) is 0 Å². The molecule has 3 aliphatic carbocycles. The maximum Gasteiger partial charge on any atom is 0.307 e. The molecule has 0 unspecified atom stereocenters. The molecule has 0 saturated heterocycles. The number of fused-ring (bicyclic) bond motifs is 2. The number of hydrogen-bond donors (Lipinski definition) is 2. The highest BCUT2D eigenvalue weighted by atomic mass is 16.4. The van der Waals surface area contributed by atoms with Gasteiger partial charge >= 0.3 is 5.97 Å². The van der Waals surface area contributed by atoms with Crippen LogP contribution < -0.4 is 5.32 Å². The molecule has 0 radical (unpaired) electrons. The lowest BCUT2D eigenvalue weighted by molar-refractivity contribution is -0.148. The summed E-state index contributed by atoms with van der Waals surface area (Å²) in [5, 5.41) is 12.4. The summed E-state index contributed by atoms with van der Waals surface area (Å²) < 4.78 is 0. The second-order valence-electron chi connectivity index (χ2n) is 5.83. The van der Waals surface area contributed by atoms with Gasteiger partial charge in [-0.1, -0.05) is 25.0 Å². The number of aliphatic carboxylic acids is 1. The molecule has 2 bridgehead atoms. The van der Waals surface area contributed by atoms with Crippen LogP contribution in [-0.2, 0) is 9.59 Å². The van der Waals surface area contributed by atoms with Crippen LogP contribution in [0.15, 0.2) is 12.2 Å². The Morgan fingerprint density at radius 1 is 1.06 bits per heavy atom. The molecule has 4 heteroatoms. The van der Waals surface area contributed by atoms with Crippen molar-refractivity contribution in [1.82, 2.24) is 5.32 Å². The van der Waals surface area contributed by atoms with Gasteiger partial charge in [0.25, 0.3) is 0 Å². The second kappa shape index (κ2) is 4.41. The Labute approximate surface area is 106 Å². The molecule has 0 spiro atoms. The topological polar surface area (TPSA) is 66.4 Å². The molecule has 3 rings (SSSR count). The molecule has 0 heterocycles. The van der Waals surface area contributed by atoms with Crippen LogP contribution in [-0.4, -0.2) is 23.0 Å². The Hall–Kier alpha value is -1.32. The standard InChI is InChI=1S/C14H19NO3/c16-13(15-10-3-1-2-4-10)11-8-5-6-9(7-8)12(11)14(17)18/h5-6,8-12H,1-4,7H2,(H,15,16)(H,17,18)/t8-,9+,11-,12+/m0/s1. The van der Waals surface area contributed by atoms with Crippen molar-refractivity contribution < 1.29 is 14.7 Å². The number of nitrogens with one attached hydrogen (secondary N) is 1. The van der Waals surface area contributed by atoms with Gasteiger partial charge in [-0.2, -0.15) is 0 Å². The predicted molar refractivity (Wildman–Crippen MR) is 65.8 cm³/mol. The number of carbonyl (C=O) groups is 2. The van der Waals surface area contributed by atoms with E-state index in [9.17, 15) is 14.7 Å². The van der Waals surface area contributed by atoms with Gasteiger partial charge in [-0.25, -0.2) is 0 Å². The molecule has 4 nitrogen and oxygen atoms in total. The quantitative estimate of drug-likeness (QED) is 0.746. The Kier molecular flexibility index (Phi) is 2.88. The highest BCUT2D eigenvalue weighted by Gasteiger charge is 2.51. The third-order valence-corrected chi connectivity index (χ3v) is 4.75. The third kappa shape index (κ3) is 1.84.